The van der Waals surface area contributed by atoms with Gasteiger partial charge < -0.3 is 0 Å². The van der Waals surface area contributed by atoms with Gasteiger partial charge in [0.05, 0.1) is 11.4 Å². The molecule has 2 heteroatoms. The summed E-state index contributed by atoms with van der Waals surface area (Å²) in [5.74, 6) is 0. The van der Waals surface area contributed by atoms with Crippen molar-refractivity contribution in [3.8, 4) is 0 Å². The van der Waals surface area contributed by atoms with Crippen LogP contribution in [0, 0.1) is 13.8 Å². The third kappa shape index (κ3) is 1.52. The lowest BCUT2D eigenvalue weighted by molar-refractivity contribution is 1.31. The molecule has 0 aliphatic carbocycles. The normalized spacial score (nSPS) is 14.0. The molecule has 1 heterocycles. The predicted octanol–water partition coefficient (Wildman–Crippen LogP) is 3.11. The van der Waals surface area contributed by atoms with E-state index in [1.165, 1.54) is 11.1 Å². The summed E-state index contributed by atoms with van der Waals surface area (Å²) < 4.78 is 0. The molecule has 0 atom stereocenters. The Morgan fingerprint density at radius 3 is 1.85 bits per heavy atom. The van der Waals surface area contributed by atoms with Crippen LogP contribution < -0.4 is 0 Å². The number of rotatable bonds is 0. The molecular formula is C11H12N2. The third-order valence-electron chi connectivity index (χ3n) is 2.26. The molecule has 2 rings (SSSR count). The molecule has 0 fully saturated rings. The van der Waals surface area contributed by atoms with E-state index < -0.39 is 0 Å². The molecule has 0 bridgehead atoms. The molecule has 0 spiro atoms. The number of aryl methyl sites for hydroxylation is 2. The highest BCUT2D eigenvalue weighted by Gasteiger charge is 2.03. The first kappa shape index (κ1) is 8.17. The number of aliphatic imine (C=N–C) groups is 2. The maximum Gasteiger partial charge on any atom is 0.0885 e. The number of hydrogen-bond acceptors (Lipinski definition) is 2. The van der Waals surface area contributed by atoms with Gasteiger partial charge in [-0.25, -0.2) is 0 Å². The summed E-state index contributed by atoms with van der Waals surface area (Å²) in [6.07, 6.45) is 4.61. The Labute approximate surface area is 78.0 Å². The Kier molecular flexibility index (Phi) is 1.97. The fourth-order valence-electron chi connectivity index (χ4n) is 1.34. The summed E-state index contributed by atoms with van der Waals surface area (Å²) >= 11 is 0. The van der Waals surface area contributed by atoms with Crippen molar-refractivity contribution in [1.29, 1.82) is 0 Å². The van der Waals surface area contributed by atoms with Crippen molar-refractivity contribution in [2.24, 2.45) is 9.98 Å². The minimum absolute atomic E-state index is 0.826. The molecule has 0 aromatic heterocycles. The van der Waals surface area contributed by atoms with Crippen LogP contribution in [0.25, 0.3) is 0 Å². The predicted molar refractivity (Wildman–Crippen MR) is 56.8 cm³/mol. The molecule has 1 aromatic rings. The van der Waals surface area contributed by atoms with Gasteiger partial charge in [0, 0.05) is 18.9 Å². The van der Waals surface area contributed by atoms with E-state index in [2.05, 4.69) is 36.0 Å². The van der Waals surface area contributed by atoms with E-state index in [9.17, 15) is 0 Å². The molecule has 66 valence electrons. The molecule has 0 unspecified atom stereocenters. The van der Waals surface area contributed by atoms with Gasteiger partial charge in [-0.1, -0.05) is 0 Å². The second-order valence-corrected chi connectivity index (χ2v) is 3.28. The van der Waals surface area contributed by atoms with Crippen molar-refractivity contribution in [3.63, 3.8) is 0 Å². The maximum atomic E-state index is 4.34. The summed E-state index contributed by atoms with van der Waals surface area (Å²) in [5, 5.41) is 0. The quantitative estimate of drug-likeness (QED) is 0.574. The lowest BCUT2D eigenvalue weighted by Gasteiger charge is -2.04. The van der Waals surface area contributed by atoms with Crippen LogP contribution in [0.15, 0.2) is 22.1 Å². The SMILES string of the molecule is Cc1cc2c(cc1C)N=CCC=N2. The van der Waals surface area contributed by atoms with Gasteiger partial charge in [0.15, 0.2) is 0 Å². The molecule has 0 N–H and O–H groups in total. The Bertz CT molecular complexity index is 352. The second-order valence-electron chi connectivity index (χ2n) is 3.28. The minimum Gasteiger partial charge on any atom is -0.259 e. The van der Waals surface area contributed by atoms with E-state index in [1.54, 1.807) is 0 Å². The van der Waals surface area contributed by atoms with Gasteiger partial charge in [-0.2, -0.15) is 0 Å². The highest BCUT2D eigenvalue weighted by Crippen LogP contribution is 2.31. The standard InChI is InChI=1S/C11H12N2/c1-8-6-10-11(7-9(8)2)13-5-3-4-12-10/h4-7H,3H2,1-2H3. The van der Waals surface area contributed by atoms with Crippen LogP contribution in [0.2, 0.25) is 0 Å². The fourth-order valence-corrected chi connectivity index (χ4v) is 1.34. The topological polar surface area (TPSA) is 24.7 Å². The fraction of sp³-hybridized carbons (Fsp3) is 0.273. The summed E-state index contributed by atoms with van der Waals surface area (Å²) in [7, 11) is 0. The summed E-state index contributed by atoms with van der Waals surface area (Å²) in [6, 6.07) is 4.17. The Balaban J connectivity index is 2.62. The first-order chi connectivity index (χ1) is 6.27. The van der Waals surface area contributed by atoms with Crippen molar-refractivity contribution >= 4 is 23.8 Å². The van der Waals surface area contributed by atoms with E-state index in [0.717, 1.165) is 17.8 Å². The van der Waals surface area contributed by atoms with Crippen LogP contribution in [0.3, 0.4) is 0 Å². The zero-order valence-electron chi connectivity index (χ0n) is 7.91. The van der Waals surface area contributed by atoms with Gasteiger partial charge in [-0.05, 0) is 37.1 Å². The van der Waals surface area contributed by atoms with E-state index in [4.69, 9.17) is 0 Å². The molecule has 0 amide bonds. The van der Waals surface area contributed by atoms with Gasteiger partial charge in [-0.3, -0.25) is 9.98 Å². The molecule has 1 aromatic carbocycles. The summed E-state index contributed by atoms with van der Waals surface area (Å²) in [5.41, 5.74) is 4.51. The van der Waals surface area contributed by atoms with E-state index in [-0.39, 0.29) is 0 Å². The highest BCUT2D eigenvalue weighted by molar-refractivity contribution is 5.87. The van der Waals surface area contributed by atoms with Crippen LogP contribution in [-0.4, -0.2) is 12.4 Å². The molecular weight excluding hydrogens is 160 g/mol. The Hall–Kier alpha value is -1.44. The molecule has 1 aliphatic heterocycles. The molecule has 0 radical (unpaired) electrons. The average Bonchev–Trinajstić information content (AvgIpc) is 2.31. The van der Waals surface area contributed by atoms with Crippen LogP contribution in [0.5, 0.6) is 0 Å². The van der Waals surface area contributed by atoms with Crippen molar-refractivity contribution in [1.82, 2.24) is 0 Å². The lowest BCUT2D eigenvalue weighted by Crippen LogP contribution is -1.79. The van der Waals surface area contributed by atoms with Gasteiger partial charge in [0.2, 0.25) is 0 Å². The van der Waals surface area contributed by atoms with Crippen molar-refractivity contribution in [2.75, 3.05) is 0 Å². The molecule has 13 heavy (non-hydrogen) atoms. The van der Waals surface area contributed by atoms with Crippen LogP contribution in [0.4, 0.5) is 11.4 Å². The zero-order chi connectivity index (χ0) is 9.26. The van der Waals surface area contributed by atoms with Crippen LogP contribution in [0.1, 0.15) is 17.5 Å². The van der Waals surface area contributed by atoms with Crippen LogP contribution >= 0.6 is 0 Å². The summed E-state index contributed by atoms with van der Waals surface area (Å²) in [4.78, 5) is 8.68. The van der Waals surface area contributed by atoms with E-state index >= 15 is 0 Å². The monoisotopic (exact) mass is 172 g/mol. The van der Waals surface area contributed by atoms with Gasteiger partial charge in [0.25, 0.3) is 0 Å². The highest BCUT2D eigenvalue weighted by atomic mass is 14.8. The summed E-state index contributed by atoms with van der Waals surface area (Å²) in [6.45, 7) is 4.19. The number of nitrogens with zero attached hydrogens (tertiary/aromatic N) is 2. The lowest BCUT2D eigenvalue weighted by atomic mass is 10.1. The van der Waals surface area contributed by atoms with E-state index in [1.807, 2.05) is 12.4 Å². The van der Waals surface area contributed by atoms with Gasteiger partial charge >= 0.3 is 0 Å². The van der Waals surface area contributed by atoms with Crippen molar-refractivity contribution in [2.45, 2.75) is 20.3 Å². The van der Waals surface area contributed by atoms with Gasteiger partial charge in [0.1, 0.15) is 0 Å². The van der Waals surface area contributed by atoms with Crippen molar-refractivity contribution in [3.05, 3.63) is 23.3 Å². The first-order valence-electron chi connectivity index (χ1n) is 4.43. The number of hydrogen-bond donors (Lipinski definition) is 0. The molecule has 0 saturated carbocycles. The zero-order valence-corrected chi connectivity index (χ0v) is 7.91. The first-order valence-corrected chi connectivity index (χ1v) is 4.43. The van der Waals surface area contributed by atoms with Crippen LogP contribution in [-0.2, 0) is 0 Å². The third-order valence-corrected chi connectivity index (χ3v) is 2.26. The minimum atomic E-state index is 0.826. The second kappa shape index (κ2) is 3.13. The Morgan fingerprint density at radius 2 is 1.38 bits per heavy atom. The number of fused-ring (bicyclic) bond motifs is 1. The Morgan fingerprint density at radius 1 is 0.923 bits per heavy atom. The van der Waals surface area contributed by atoms with Crippen molar-refractivity contribution < 1.29 is 0 Å². The molecule has 1 aliphatic rings. The smallest absolute Gasteiger partial charge is 0.0885 e. The largest absolute Gasteiger partial charge is 0.259 e. The average molecular weight is 172 g/mol. The van der Waals surface area contributed by atoms with Gasteiger partial charge in [-0.15, -0.1) is 0 Å². The maximum absolute atomic E-state index is 4.34. The molecule has 2 nitrogen and oxygen atoms in total. The number of benzene rings is 1. The molecule has 0 saturated heterocycles. The van der Waals surface area contributed by atoms with E-state index in [0.29, 0.717) is 0 Å².